The Bertz CT molecular complexity index is 1910. The molecule has 0 spiro atoms. The van der Waals surface area contributed by atoms with E-state index < -0.39 is 39.3 Å². The molecule has 2 aromatic carbocycles. The molecule has 2 fully saturated rings. The minimum atomic E-state index is -4.56. The van der Waals surface area contributed by atoms with E-state index in [1.807, 2.05) is 0 Å². The van der Waals surface area contributed by atoms with Gasteiger partial charge in [0.2, 0.25) is 0 Å². The van der Waals surface area contributed by atoms with E-state index in [2.05, 4.69) is 27.3 Å². The van der Waals surface area contributed by atoms with Gasteiger partial charge < -0.3 is 19.5 Å². The number of anilines is 1. The van der Waals surface area contributed by atoms with E-state index in [0.29, 0.717) is 34.2 Å². The Labute approximate surface area is 278 Å². The molecule has 1 amide bonds. The van der Waals surface area contributed by atoms with Crippen LogP contribution in [0.15, 0.2) is 40.9 Å². The fraction of sp³-hybridized carbons (Fsp3) is 0.469. The monoisotopic (exact) mass is 710 g/mol. The van der Waals surface area contributed by atoms with E-state index in [9.17, 15) is 26.4 Å². The molecule has 48 heavy (non-hydrogen) atoms. The number of hydrogen-bond donors (Lipinski definition) is 2. The lowest BCUT2D eigenvalue weighted by molar-refractivity contribution is -0.137. The van der Waals surface area contributed by atoms with Gasteiger partial charge in [-0.15, -0.1) is 0 Å². The molecule has 0 radical (unpaired) electrons. The molecule has 16 heteroatoms. The summed E-state index contributed by atoms with van der Waals surface area (Å²) < 4.78 is 99.5. The number of aromatic nitrogens is 2. The summed E-state index contributed by atoms with van der Waals surface area (Å²) >= 11 is 1.25. The number of nitrogens with zero attached hydrogens (tertiary/aromatic N) is 3. The number of alkyl halides is 3. The number of carbonyl (C=O) groups excluding carboxylic acids is 1. The Morgan fingerprint density at radius 1 is 1.17 bits per heavy atom. The average Bonchev–Trinajstić information content (AvgIpc) is 3.44. The largest absolute Gasteiger partial charge is 0.417 e. The summed E-state index contributed by atoms with van der Waals surface area (Å²) in [4.78, 5) is 19.3. The molecule has 1 aliphatic heterocycles. The molecule has 1 unspecified atom stereocenters. The second-order valence-electron chi connectivity index (χ2n) is 12.1. The van der Waals surface area contributed by atoms with Crippen LogP contribution in [0.1, 0.15) is 78.6 Å². The van der Waals surface area contributed by atoms with Gasteiger partial charge in [-0.3, -0.25) is 9.35 Å². The lowest BCUT2D eigenvalue weighted by Gasteiger charge is -2.29. The summed E-state index contributed by atoms with van der Waals surface area (Å²) in [6.07, 6.45) is 0.336. The zero-order valence-electron chi connectivity index (χ0n) is 25.9. The van der Waals surface area contributed by atoms with Crippen molar-refractivity contribution in [2.75, 3.05) is 23.8 Å². The van der Waals surface area contributed by atoms with Crippen LogP contribution in [-0.2, 0) is 27.6 Å². The molecule has 1 aliphatic carbocycles. The minimum Gasteiger partial charge on any atom is -0.376 e. The molecular weight excluding hydrogens is 677 g/mol. The van der Waals surface area contributed by atoms with E-state index >= 15 is 4.39 Å². The summed E-state index contributed by atoms with van der Waals surface area (Å²) in [5, 5.41) is 7.02. The first-order chi connectivity index (χ1) is 22.8. The third-order valence-corrected chi connectivity index (χ3v) is 10.5. The summed E-state index contributed by atoms with van der Waals surface area (Å²) in [5.74, 6) is -1.36. The quantitative estimate of drug-likeness (QED) is 0.0858. The molecular formula is C32H34F4N4O6S2. The predicted molar refractivity (Wildman–Crippen MR) is 171 cm³/mol. The topological polar surface area (TPSA) is 135 Å². The number of hydrogen-bond acceptors (Lipinski definition) is 9. The van der Waals surface area contributed by atoms with Crippen LogP contribution in [-0.4, -0.2) is 60.0 Å². The van der Waals surface area contributed by atoms with E-state index in [4.69, 9.17) is 13.8 Å². The van der Waals surface area contributed by atoms with Gasteiger partial charge in [0.25, 0.3) is 16.0 Å². The lowest BCUT2D eigenvalue weighted by Crippen LogP contribution is -2.36. The SMILES string of the molecule is CCC1CC[C@@H](CCOCc2c(-c3ccccc3C(F)(F)F)noc2C2CC2)N1c1nc2c(F)cc(C(=O)NCCS(=O)(=O)O)cc2s1. The van der Waals surface area contributed by atoms with Gasteiger partial charge in [0.05, 0.1) is 22.6 Å². The number of amides is 1. The zero-order valence-corrected chi connectivity index (χ0v) is 27.6. The van der Waals surface area contributed by atoms with E-state index in [-0.39, 0.29) is 53.5 Å². The van der Waals surface area contributed by atoms with Crippen molar-refractivity contribution in [1.82, 2.24) is 15.5 Å². The van der Waals surface area contributed by atoms with Gasteiger partial charge in [-0.1, -0.05) is 41.6 Å². The van der Waals surface area contributed by atoms with Gasteiger partial charge in [0, 0.05) is 47.8 Å². The fourth-order valence-electron chi connectivity index (χ4n) is 6.24. The highest BCUT2D eigenvalue weighted by Gasteiger charge is 2.38. The average molecular weight is 711 g/mol. The molecule has 2 aromatic heterocycles. The highest BCUT2D eigenvalue weighted by molar-refractivity contribution is 7.85. The summed E-state index contributed by atoms with van der Waals surface area (Å²) in [6, 6.07) is 8.00. The molecule has 3 heterocycles. The maximum atomic E-state index is 15.1. The first-order valence-corrected chi connectivity index (χ1v) is 18.1. The van der Waals surface area contributed by atoms with Crippen LogP contribution >= 0.6 is 11.3 Å². The summed E-state index contributed by atoms with van der Waals surface area (Å²) in [7, 11) is -4.26. The molecule has 2 N–H and O–H groups in total. The maximum Gasteiger partial charge on any atom is 0.417 e. The van der Waals surface area contributed by atoms with Crippen molar-refractivity contribution in [2.24, 2.45) is 0 Å². The number of halogens is 4. The molecule has 0 bridgehead atoms. The van der Waals surface area contributed by atoms with Crippen LogP contribution in [0.5, 0.6) is 0 Å². The van der Waals surface area contributed by atoms with E-state index in [1.54, 1.807) is 0 Å². The Morgan fingerprint density at radius 2 is 1.92 bits per heavy atom. The number of rotatable bonds is 13. The normalized spacial score (nSPS) is 18.6. The first kappa shape index (κ1) is 34.3. The standard InChI is InChI=1S/C32H34F4N4O6S2/c1-2-20-9-10-21(40(20)31-38-28-25(33)15-19(16-26(28)47-31)30(41)37-12-14-48(42,43)44)11-13-45-17-23-27(39-46-29(23)18-7-8-18)22-5-3-4-6-24(22)32(34,35)36/h3-6,15-16,18,20-21H,2,7-14,17H2,1H3,(H,37,41)(H,42,43,44)/t20?,21-/m0/s1. The number of nitrogens with one attached hydrogen (secondary N) is 1. The number of ether oxygens (including phenoxy) is 1. The molecule has 4 aromatic rings. The van der Waals surface area contributed by atoms with Gasteiger partial charge >= 0.3 is 6.18 Å². The predicted octanol–water partition coefficient (Wildman–Crippen LogP) is 6.96. The van der Waals surface area contributed by atoms with Gasteiger partial charge in [0.15, 0.2) is 10.9 Å². The first-order valence-electron chi connectivity index (χ1n) is 15.7. The third kappa shape index (κ3) is 7.51. The van der Waals surface area contributed by atoms with E-state index in [1.165, 1.54) is 35.6 Å². The van der Waals surface area contributed by atoms with Crippen LogP contribution in [0.25, 0.3) is 21.5 Å². The maximum absolute atomic E-state index is 15.1. The molecule has 10 nitrogen and oxygen atoms in total. The highest BCUT2D eigenvalue weighted by atomic mass is 32.2. The van der Waals surface area contributed by atoms with Crippen molar-refractivity contribution in [3.63, 3.8) is 0 Å². The Hall–Kier alpha value is -3.60. The van der Waals surface area contributed by atoms with Crippen LogP contribution in [0.3, 0.4) is 0 Å². The van der Waals surface area contributed by atoms with Crippen LogP contribution in [0.2, 0.25) is 0 Å². The van der Waals surface area contributed by atoms with Crippen molar-refractivity contribution in [1.29, 1.82) is 0 Å². The molecule has 2 aliphatic rings. The Balaban J connectivity index is 1.16. The number of benzene rings is 2. The smallest absolute Gasteiger partial charge is 0.376 e. The number of fused-ring (bicyclic) bond motifs is 1. The second-order valence-corrected chi connectivity index (χ2v) is 14.7. The van der Waals surface area contributed by atoms with Crippen molar-refractivity contribution in [3.05, 3.63) is 64.7 Å². The molecule has 6 rings (SSSR count). The van der Waals surface area contributed by atoms with Crippen molar-refractivity contribution in [3.8, 4) is 11.3 Å². The van der Waals surface area contributed by atoms with Gasteiger partial charge in [0.1, 0.15) is 17.0 Å². The minimum absolute atomic E-state index is 0.000445. The Morgan fingerprint density at radius 3 is 2.62 bits per heavy atom. The lowest BCUT2D eigenvalue weighted by atomic mass is 9.99. The summed E-state index contributed by atoms with van der Waals surface area (Å²) in [5.41, 5.74) is -0.0433. The van der Waals surface area contributed by atoms with Crippen LogP contribution in [0.4, 0.5) is 22.7 Å². The van der Waals surface area contributed by atoms with Gasteiger partial charge in [-0.2, -0.15) is 21.6 Å². The van der Waals surface area contributed by atoms with Crippen LogP contribution in [0, 0.1) is 5.82 Å². The molecule has 1 saturated heterocycles. The molecule has 1 saturated carbocycles. The molecule has 2 atom stereocenters. The summed E-state index contributed by atoms with van der Waals surface area (Å²) in [6.45, 7) is 2.08. The number of thiazole rings is 1. The van der Waals surface area contributed by atoms with Gasteiger partial charge in [-0.25, -0.2) is 9.37 Å². The van der Waals surface area contributed by atoms with Crippen LogP contribution < -0.4 is 10.2 Å². The Kier molecular flexibility index (Phi) is 9.80. The third-order valence-electron chi connectivity index (χ3n) is 8.75. The highest BCUT2D eigenvalue weighted by Crippen LogP contribution is 2.46. The number of carbonyl (C=O) groups is 1. The second kappa shape index (κ2) is 13.7. The molecule has 258 valence electrons. The zero-order chi connectivity index (χ0) is 34.2. The van der Waals surface area contributed by atoms with E-state index in [0.717, 1.165) is 44.2 Å². The van der Waals surface area contributed by atoms with Crippen molar-refractivity contribution >= 4 is 42.7 Å². The van der Waals surface area contributed by atoms with Gasteiger partial charge in [-0.05, 0) is 56.7 Å². The van der Waals surface area contributed by atoms with Crippen molar-refractivity contribution < 1.29 is 44.6 Å². The fourth-order valence-corrected chi connectivity index (χ4v) is 7.76. The van der Waals surface area contributed by atoms with Crippen molar-refractivity contribution in [2.45, 2.75) is 76.2 Å².